The SMILES string of the molecule is CON(C)C(=O)C[C@H]1C[C@@H](CCCCc2ccccc2)O[C@@H](c2ccccc2)O1. The Labute approximate surface area is 173 Å². The van der Waals surface area contributed by atoms with Crippen LogP contribution in [0.3, 0.4) is 0 Å². The van der Waals surface area contributed by atoms with Gasteiger partial charge in [0.15, 0.2) is 6.29 Å². The third-order valence-corrected chi connectivity index (χ3v) is 5.34. The van der Waals surface area contributed by atoms with Gasteiger partial charge in [0.25, 0.3) is 0 Å². The average Bonchev–Trinajstić information content (AvgIpc) is 2.77. The number of carbonyl (C=O) groups excluding carboxylic acids is 1. The lowest BCUT2D eigenvalue weighted by atomic mass is 9.99. The topological polar surface area (TPSA) is 48.0 Å². The number of unbranched alkanes of at least 4 members (excludes halogenated alkanes) is 1. The summed E-state index contributed by atoms with van der Waals surface area (Å²) in [5.41, 5.74) is 2.35. The van der Waals surface area contributed by atoms with Crippen molar-refractivity contribution in [3.05, 3.63) is 71.8 Å². The highest BCUT2D eigenvalue weighted by Gasteiger charge is 2.32. The molecule has 156 valence electrons. The molecule has 1 saturated heterocycles. The van der Waals surface area contributed by atoms with Gasteiger partial charge in [-0.05, 0) is 24.8 Å². The second-order valence-electron chi connectivity index (χ2n) is 7.50. The molecule has 0 radical (unpaired) electrons. The predicted octanol–water partition coefficient (Wildman–Crippen LogP) is 4.68. The first kappa shape index (κ1) is 21.5. The Morgan fingerprint density at radius 1 is 1.00 bits per heavy atom. The van der Waals surface area contributed by atoms with Crippen LogP contribution in [0.5, 0.6) is 0 Å². The molecular formula is C24H31NO4. The quantitative estimate of drug-likeness (QED) is 0.455. The van der Waals surface area contributed by atoms with E-state index in [2.05, 4.69) is 24.3 Å². The minimum Gasteiger partial charge on any atom is -0.345 e. The van der Waals surface area contributed by atoms with Crippen molar-refractivity contribution < 1.29 is 19.1 Å². The Bertz CT molecular complexity index is 737. The minimum absolute atomic E-state index is 0.0791. The zero-order chi connectivity index (χ0) is 20.5. The van der Waals surface area contributed by atoms with Gasteiger partial charge in [-0.25, -0.2) is 5.06 Å². The molecule has 0 unspecified atom stereocenters. The summed E-state index contributed by atoms with van der Waals surface area (Å²) in [5.74, 6) is -0.0889. The molecule has 0 aromatic heterocycles. The van der Waals surface area contributed by atoms with Crippen molar-refractivity contribution >= 4 is 5.91 Å². The summed E-state index contributed by atoms with van der Waals surface area (Å²) in [6.45, 7) is 0. The molecule has 5 heteroatoms. The maximum atomic E-state index is 12.3. The minimum atomic E-state index is -0.435. The molecule has 1 aliphatic heterocycles. The predicted molar refractivity (Wildman–Crippen MR) is 112 cm³/mol. The van der Waals surface area contributed by atoms with E-state index in [0.29, 0.717) is 0 Å². The van der Waals surface area contributed by atoms with Gasteiger partial charge in [0.2, 0.25) is 5.91 Å². The van der Waals surface area contributed by atoms with E-state index in [0.717, 1.165) is 37.7 Å². The molecular weight excluding hydrogens is 366 g/mol. The second-order valence-corrected chi connectivity index (χ2v) is 7.50. The van der Waals surface area contributed by atoms with Crippen LogP contribution in [0.4, 0.5) is 0 Å². The highest BCUT2D eigenvalue weighted by molar-refractivity contribution is 5.75. The van der Waals surface area contributed by atoms with Crippen molar-refractivity contribution in [3.63, 3.8) is 0 Å². The number of aryl methyl sites for hydroxylation is 1. The van der Waals surface area contributed by atoms with Crippen molar-refractivity contribution in [3.8, 4) is 0 Å². The molecule has 0 aliphatic carbocycles. The molecule has 3 rings (SSSR count). The summed E-state index contributed by atoms with van der Waals surface area (Å²) in [6, 6.07) is 20.5. The largest absolute Gasteiger partial charge is 0.345 e. The molecule has 1 fully saturated rings. The Morgan fingerprint density at radius 3 is 2.34 bits per heavy atom. The van der Waals surface area contributed by atoms with E-state index in [1.807, 2.05) is 36.4 Å². The summed E-state index contributed by atoms with van der Waals surface area (Å²) < 4.78 is 12.4. The smallest absolute Gasteiger partial charge is 0.248 e. The molecule has 2 aromatic carbocycles. The van der Waals surface area contributed by atoms with Crippen molar-refractivity contribution in [1.29, 1.82) is 0 Å². The highest BCUT2D eigenvalue weighted by Crippen LogP contribution is 2.33. The van der Waals surface area contributed by atoms with Crippen LogP contribution in [0.1, 0.15) is 49.5 Å². The molecule has 0 spiro atoms. The first-order valence-corrected chi connectivity index (χ1v) is 10.4. The highest BCUT2D eigenvalue weighted by atomic mass is 16.7. The van der Waals surface area contributed by atoms with Gasteiger partial charge in [-0.15, -0.1) is 0 Å². The van der Waals surface area contributed by atoms with Gasteiger partial charge < -0.3 is 9.47 Å². The number of amides is 1. The number of hydroxylamine groups is 2. The lowest BCUT2D eigenvalue weighted by molar-refractivity contribution is -0.251. The standard InChI is InChI=1S/C24H31NO4/c1-25(27-2)23(26)18-22-17-21(16-10-9-13-19-11-5-3-6-12-19)28-24(29-22)20-14-7-4-8-15-20/h3-8,11-12,14-15,21-22,24H,9-10,13,16-18H2,1-2H3/t21-,22-,24-/m1/s1. The van der Waals surface area contributed by atoms with E-state index in [9.17, 15) is 4.79 Å². The van der Waals surface area contributed by atoms with Crippen molar-refractivity contribution in [2.75, 3.05) is 14.2 Å². The van der Waals surface area contributed by atoms with Gasteiger partial charge in [0.1, 0.15) is 0 Å². The number of hydrogen-bond acceptors (Lipinski definition) is 4. The Balaban J connectivity index is 1.56. The molecule has 2 aromatic rings. The van der Waals surface area contributed by atoms with E-state index in [4.69, 9.17) is 14.3 Å². The Hall–Kier alpha value is -2.21. The number of rotatable bonds is 9. The fourth-order valence-electron chi connectivity index (χ4n) is 3.64. The van der Waals surface area contributed by atoms with Crippen LogP contribution >= 0.6 is 0 Å². The third kappa shape index (κ3) is 6.67. The van der Waals surface area contributed by atoms with E-state index in [1.165, 1.54) is 17.7 Å². The second kappa shape index (κ2) is 11.1. The van der Waals surface area contributed by atoms with E-state index >= 15 is 0 Å². The number of ether oxygens (including phenoxy) is 2. The summed E-state index contributed by atoms with van der Waals surface area (Å²) in [5, 5.41) is 1.26. The van der Waals surface area contributed by atoms with Crippen LogP contribution in [-0.2, 0) is 25.5 Å². The molecule has 0 saturated carbocycles. The zero-order valence-corrected chi connectivity index (χ0v) is 17.3. The number of nitrogens with zero attached hydrogens (tertiary/aromatic N) is 1. The molecule has 1 heterocycles. The summed E-state index contributed by atoms with van der Waals surface area (Å²) in [4.78, 5) is 17.3. The van der Waals surface area contributed by atoms with Gasteiger partial charge in [0, 0.05) is 19.0 Å². The van der Waals surface area contributed by atoms with Crippen LogP contribution in [0.25, 0.3) is 0 Å². The van der Waals surface area contributed by atoms with Crippen LogP contribution < -0.4 is 0 Å². The van der Waals surface area contributed by atoms with Gasteiger partial charge in [-0.1, -0.05) is 67.1 Å². The molecule has 0 N–H and O–H groups in total. The summed E-state index contributed by atoms with van der Waals surface area (Å²) in [6.07, 6.45) is 4.71. The van der Waals surface area contributed by atoms with Crippen LogP contribution in [-0.4, -0.2) is 37.3 Å². The molecule has 5 nitrogen and oxygen atoms in total. The Kier molecular flexibility index (Phi) is 8.23. The molecule has 29 heavy (non-hydrogen) atoms. The van der Waals surface area contributed by atoms with E-state index in [1.54, 1.807) is 7.05 Å². The van der Waals surface area contributed by atoms with E-state index < -0.39 is 6.29 Å². The van der Waals surface area contributed by atoms with Gasteiger partial charge in [0.05, 0.1) is 25.7 Å². The molecule has 1 amide bonds. The maximum Gasteiger partial charge on any atom is 0.248 e. The first-order chi connectivity index (χ1) is 14.2. The average molecular weight is 398 g/mol. The monoisotopic (exact) mass is 397 g/mol. The molecule has 3 atom stereocenters. The third-order valence-electron chi connectivity index (χ3n) is 5.34. The zero-order valence-electron chi connectivity index (χ0n) is 17.3. The number of hydrogen-bond donors (Lipinski definition) is 0. The molecule has 1 aliphatic rings. The van der Waals surface area contributed by atoms with Gasteiger partial charge >= 0.3 is 0 Å². The lowest BCUT2D eigenvalue weighted by Gasteiger charge is -2.36. The van der Waals surface area contributed by atoms with Crippen molar-refractivity contribution in [1.82, 2.24) is 5.06 Å². The summed E-state index contributed by atoms with van der Waals surface area (Å²) >= 11 is 0. The fraction of sp³-hybridized carbons (Fsp3) is 0.458. The van der Waals surface area contributed by atoms with Gasteiger partial charge in [-0.3, -0.25) is 9.63 Å². The van der Waals surface area contributed by atoms with Gasteiger partial charge in [-0.2, -0.15) is 0 Å². The van der Waals surface area contributed by atoms with Crippen molar-refractivity contribution in [2.45, 2.75) is 57.0 Å². The van der Waals surface area contributed by atoms with E-state index in [-0.39, 0.29) is 24.5 Å². The van der Waals surface area contributed by atoms with Crippen LogP contribution in [0.2, 0.25) is 0 Å². The van der Waals surface area contributed by atoms with Crippen LogP contribution in [0.15, 0.2) is 60.7 Å². The number of benzene rings is 2. The number of carbonyl (C=O) groups is 1. The Morgan fingerprint density at radius 2 is 1.66 bits per heavy atom. The fourth-order valence-corrected chi connectivity index (χ4v) is 3.64. The maximum absolute atomic E-state index is 12.3. The van der Waals surface area contributed by atoms with Crippen molar-refractivity contribution in [2.24, 2.45) is 0 Å². The normalized spacial score (nSPS) is 21.7. The van der Waals surface area contributed by atoms with Crippen LogP contribution in [0, 0.1) is 0 Å². The molecule has 0 bridgehead atoms. The lowest BCUT2D eigenvalue weighted by Crippen LogP contribution is -2.37. The first-order valence-electron chi connectivity index (χ1n) is 10.4. The summed E-state index contributed by atoms with van der Waals surface area (Å²) in [7, 11) is 3.11.